The van der Waals surface area contributed by atoms with E-state index in [4.69, 9.17) is 9.47 Å². The van der Waals surface area contributed by atoms with Crippen LogP contribution in [0.5, 0.6) is 11.5 Å². The van der Waals surface area contributed by atoms with Gasteiger partial charge in [-0.1, -0.05) is 26.8 Å². The molecule has 0 spiro atoms. The van der Waals surface area contributed by atoms with E-state index in [1.54, 1.807) is 25.6 Å². The van der Waals surface area contributed by atoms with Gasteiger partial charge in [0, 0.05) is 10.4 Å². The molecular formula is C19H25NO3S. The van der Waals surface area contributed by atoms with Crippen LogP contribution >= 0.6 is 11.3 Å². The number of amides is 1. The average Bonchev–Trinajstić information content (AvgIpc) is 3.05. The summed E-state index contributed by atoms with van der Waals surface area (Å²) in [4.78, 5) is 13.8. The second-order valence-electron chi connectivity index (χ2n) is 6.74. The Morgan fingerprint density at radius 1 is 1.21 bits per heavy atom. The Morgan fingerprint density at radius 2 is 1.96 bits per heavy atom. The van der Waals surface area contributed by atoms with E-state index in [0.717, 1.165) is 10.4 Å². The Labute approximate surface area is 147 Å². The minimum atomic E-state index is -0.0705. The van der Waals surface area contributed by atoms with Gasteiger partial charge in [-0.3, -0.25) is 4.79 Å². The van der Waals surface area contributed by atoms with Gasteiger partial charge in [0.1, 0.15) is 11.5 Å². The molecule has 2 aromatic rings. The van der Waals surface area contributed by atoms with Crippen LogP contribution in [0.4, 0.5) is 0 Å². The number of methoxy groups -OCH3 is 2. The molecule has 1 aromatic heterocycles. The molecule has 0 aliphatic heterocycles. The van der Waals surface area contributed by atoms with Crippen LogP contribution < -0.4 is 14.8 Å². The van der Waals surface area contributed by atoms with Gasteiger partial charge in [0.2, 0.25) is 5.91 Å². The Bertz CT molecular complexity index is 674. The Balaban J connectivity index is 2.17. The van der Waals surface area contributed by atoms with Gasteiger partial charge in [-0.25, -0.2) is 0 Å². The van der Waals surface area contributed by atoms with Gasteiger partial charge in [-0.15, -0.1) is 11.3 Å². The van der Waals surface area contributed by atoms with E-state index in [1.807, 2.05) is 29.6 Å². The molecule has 0 bridgehead atoms. The zero-order valence-corrected chi connectivity index (χ0v) is 15.7. The fourth-order valence-corrected chi connectivity index (χ4v) is 3.59. The zero-order chi connectivity index (χ0) is 17.7. The van der Waals surface area contributed by atoms with Gasteiger partial charge in [-0.2, -0.15) is 0 Å². The maximum atomic E-state index is 12.6. The Kier molecular flexibility index (Phi) is 5.89. The van der Waals surface area contributed by atoms with Crippen molar-refractivity contribution < 1.29 is 14.3 Å². The van der Waals surface area contributed by atoms with E-state index in [2.05, 4.69) is 32.2 Å². The molecular weight excluding hydrogens is 322 g/mol. The molecule has 1 unspecified atom stereocenters. The van der Waals surface area contributed by atoms with Crippen molar-refractivity contribution in [3.05, 3.63) is 46.2 Å². The highest BCUT2D eigenvalue weighted by atomic mass is 32.1. The fraction of sp³-hybridized carbons (Fsp3) is 0.421. The van der Waals surface area contributed by atoms with Crippen molar-refractivity contribution in [3.63, 3.8) is 0 Å². The molecule has 1 atom stereocenters. The standard InChI is InChI=1S/C19H25NO3S/c1-19(2,3)18(16-7-6-10-24-16)20-17(21)12-13-11-14(22-4)8-9-15(13)23-5/h6-11,18H,12H2,1-5H3,(H,20,21). The number of carbonyl (C=O) groups excluding carboxylic acids is 1. The van der Waals surface area contributed by atoms with Crippen molar-refractivity contribution >= 4 is 17.2 Å². The van der Waals surface area contributed by atoms with Crippen LogP contribution in [-0.2, 0) is 11.2 Å². The first-order chi connectivity index (χ1) is 11.3. The lowest BCUT2D eigenvalue weighted by molar-refractivity contribution is -0.122. The van der Waals surface area contributed by atoms with Crippen LogP contribution in [0.2, 0.25) is 0 Å². The predicted octanol–water partition coefficient (Wildman–Crippen LogP) is 4.21. The molecule has 0 fully saturated rings. The molecule has 0 saturated heterocycles. The lowest BCUT2D eigenvalue weighted by Crippen LogP contribution is -2.37. The van der Waals surface area contributed by atoms with Crippen LogP contribution in [0, 0.1) is 5.41 Å². The molecule has 1 N–H and O–H groups in total. The molecule has 5 heteroatoms. The highest BCUT2D eigenvalue weighted by Gasteiger charge is 2.28. The van der Waals surface area contributed by atoms with Crippen LogP contribution in [0.25, 0.3) is 0 Å². The maximum Gasteiger partial charge on any atom is 0.225 e. The molecule has 1 amide bonds. The van der Waals surface area contributed by atoms with Crippen molar-refractivity contribution in [2.75, 3.05) is 14.2 Å². The van der Waals surface area contributed by atoms with Crippen molar-refractivity contribution in [1.29, 1.82) is 0 Å². The van der Waals surface area contributed by atoms with E-state index in [9.17, 15) is 4.79 Å². The zero-order valence-electron chi connectivity index (χ0n) is 14.9. The molecule has 1 aromatic carbocycles. The lowest BCUT2D eigenvalue weighted by atomic mass is 9.85. The van der Waals surface area contributed by atoms with Crippen molar-refractivity contribution in [3.8, 4) is 11.5 Å². The summed E-state index contributed by atoms with van der Waals surface area (Å²) in [7, 11) is 3.21. The van der Waals surface area contributed by atoms with Crippen molar-refractivity contribution in [2.24, 2.45) is 5.41 Å². The summed E-state index contributed by atoms with van der Waals surface area (Å²) in [5, 5.41) is 5.20. The monoisotopic (exact) mass is 347 g/mol. The van der Waals surface area contributed by atoms with Gasteiger partial charge >= 0.3 is 0 Å². The molecule has 0 aliphatic carbocycles. The molecule has 0 aliphatic rings. The summed E-state index contributed by atoms with van der Waals surface area (Å²) in [6.45, 7) is 6.39. The average molecular weight is 347 g/mol. The van der Waals surface area contributed by atoms with Crippen LogP contribution in [-0.4, -0.2) is 20.1 Å². The van der Waals surface area contributed by atoms with Gasteiger partial charge < -0.3 is 14.8 Å². The maximum absolute atomic E-state index is 12.6. The first kappa shape index (κ1) is 18.3. The summed E-state index contributed by atoms with van der Waals surface area (Å²) in [6, 6.07) is 9.53. The molecule has 1 heterocycles. The molecule has 4 nitrogen and oxygen atoms in total. The number of hydrogen-bond acceptors (Lipinski definition) is 4. The summed E-state index contributed by atoms with van der Waals surface area (Å²) in [5.41, 5.74) is 0.743. The number of thiophene rings is 1. The summed E-state index contributed by atoms with van der Waals surface area (Å²) < 4.78 is 10.6. The summed E-state index contributed by atoms with van der Waals surface area (Å²) in [6.07, 6.45) is 0.248. The lowest BCUT2D eigenvalue weighted by Gasteiger charge is -2.31. The molecule has 24 heavy (non-hydrogen) atoms. The van der Waals surface area contributed by atoms with Crippen LogP contribution in [0.3, 0.4) is 0 Å². The van der Waals surface area contributed by atoms with E-state index in [1.165, 1.54) is 0 Å². The third-order valence-electron chi connectivity index (χ3n) is 3.84. The third-order valence-corrected chi connectivity index (χ3v) is 4.77. The number of hydrogen-bond donors (Lipinski definition) is 1. The second kappa shape index (κ2) is 7.71. The van der Waals surface area contributed by atoms with Crippen LogP contribution in [0.15, 0.2) is 35.7 Å². The number of benzene rings is 1. The van der Waals surface area contributed by atoms with E-state index in [-0.39, 0.29) is 23.8 Å². The van der Waals surface area contributed by atoms with Gasteiger partial charge in [0.05, 0.1) is 26.7 Å². The minimum Gasteiger partial charge on any atom is -0.497 e. The number of nitrogens with one attached hydrogen (secondary N) is 1. The quantitative estimate of drug-likeness (QED) is 0.851. The minimum absolute atomic E-state index is 0.0263. The highest BCUT2D eigenvalue weighted by Crippen LogP contribution is 2.35. The smallest absolute Gasteiger partial charge is 0.225 e. The largest absolute Gasteiger partial charge is 0.497 e. The molecule has 0 saturated carbocycles. The summed E-state index contributed by atoms with van der Waals surface area (Å²) in [5.74, 6) is 1.37. The first-order valence-corrected chi connectivity index (χ1v) is 8.76. The van der Waals surface area contributed by atoms with Crippen molar-refractivity contribution in [2.45, 2.75) is 33.2 Å². The molecule has 0 radical (unpaired) electrons. The SMILES string of the molecule is COc1ccc(OC)c(CC(=O)NC(c2cccs2)C(C)(C)C)c1. The first-order valence-electron chi connectivity index (χ1n) is 7.89. The van der Waals surface area contributed by atoms with Crippen molar-refractivity contribution in [1.82, 2.24) is 5.32 Å². The van der Waals surface area contributed by atoms with E-state index < -0.39 is 0 Å². The second-order valence-corrected chi connectivity index (χ2v) is 7.72. The Hall–Kier alpha value is -2.01. The van der Waals surface area contributed by atoms with Crippen LogP contribution in [0.1, 0.15) is 37.3 Å². The highest BCUT2D eigenvalue weighted by molar-refractivity contribution is 7.10. The Morgan fingerprint density at radius 3 is 2.50 bits per heavy atom. The van der Waals surface area contributed by atoms with Gasteiger partial charge in [0.25, 0.3) is 0 Å². The normalized spacial score (nSPS) is 12.5. The topological polar surface area (TPSA) is 47.6 Å². The van der Waals surface area contributed by atoms with E-state index in [0.29, 0.717) is 11.5 Å². The molecule has 2 rings (SSSR count). The number of rotatable bonds is 6. The molecule has 130 valence electrons. The number of carbonyl (C=O) groups is 1. The fourth-order valence-electron chi connectivity index (χ4n) is 2.58. The number of ether oxygens (including phenoxy) is 2. The summed E-state index contributed by atoms with van der Waals surface area (Å²) >= 11 is 1.66. The predicted molar refractivity (Wildman–Crippen MR) is 97.9 cm³/mol. The van der Waals surface area contributed by atoms with Gasteiger partial charge in [-0.05, 0) is 35.1 Å². The van der Waals surface area contributed by atoms with Gasteiger partial charge in [0.15, 0.2) is 0 Å². The van der Waals surface area contributed by atoms with E-state index >= 15 is 0 Å². The third kappa shape index (κ3) is 4.51.